The fourth-order valence-electron chi connectivity index (χ4n) is 1.56. The second-order valence-corrected chi connectivity index (χ2v) is 5.98. The van der Waals surface area contributed by atoms with E-state index in [9.17, 15) is 0 Å². The highest BCUT2D eigenvalue weighted by Crippen LogP contribution is 2.30. The zero-order chi connectivity index (χ0) is 12.5. The van der Waals surface area contributed by atoms with Gasteiger partial charge in [0.2, 0.25) is 0 Å². The monoisotopic (exact) mass is 246 g/mol. The van der Waals surface area contributed by atoms with E-state index in [4.69, 9.17) is 4.98 Å². The summed E-state index contributed by atoms with van der Waals surface area (Å²) in [5.41, 5.74) is 3.58. The van der Waals surface area contributed by atoms with Gasteiger partial charge >= 0.3 is 0 Å². The maximum atomic E-state index is 4.72. The minimum absolute atomic E-state index is 0.120. The summed E-state index contributed by atoms with van der Waals surface area (Å²) in [5, 5.41) is 6.39. The molecule has 3 heteroatoms. The molecule has 0 saturated heterocycles. The standard InChI is InChI=1S/C14H18N2S/c1-14(2,3)12-9-17-13(16-12)10-6-5-7-11(8-10)15-4/h5-9,15H,1-4H3. The zero-order valence-corrected chi connectivity index (χ0v) is 11.6. The van der Waals surface area contributed by atoms with E-state index in [1.807, 2.05) is 7.05 Å². The van der Waals surface area contributed by atoms with Gasteiger partial charge in [-0.1, -0.05) is 32.9 Å². The van der Waals surface area contributed by atoms with Gasteiger partial charge in [0.05, 0.1) is 5.69 Å². The van der Waals surface area contributed by atoms with Crippen molar-refractivity contribution in [1.82, 2.24) is 4.98 Å². The van der Waals surface area contributed by atoms with Crippen LogP contribution in [0.15, 0.2) is 29.6 Å². The Labute approximate surface area is 107 Å². The zero-order valence-electron chi connectivity index (χ0n) is 10.7. The van der Waals surface area contributed by atoms with Crippen LogP contribution in [0.2, 0.25) is 0 Å². The van der Waals surface area contributed by atoms with Crippen LogP contribution in [0, 0.1) is 0 Å². The second-order valence-electron chi connectivity index (χ2n) is 5.12. The van der Waals surface area contributed by atoms with Gasteiger partial charge in [-0.3, -0.25) is 0 Å². The summed E-state index contributed by atoms with van der Waals surface area (Å²) in [6.07, 6.45) is 0. The Morgan fingerprint density at radius 2 is 2.00 bits per heavy atom. The predicted molar refractivity (Wildman–Crippen MR) is 75.8 cm³/mol. The highest BCUT2D eigenvalue weighted by Gasteiger charge is 2.17. The number of benzene rings is 1. The molecule has 0 unspecified atom stereocenters. The SMILES string of the molecule is CNc1cccc(-c2nc(C(C)(C)C)cs2)c1. The predicted octanol–water partition coefficient (Wildman–Crippen LogP) is 4.15. The Morgan fingerprint density at radius 1 is 1.24 bits per heavy atom. The topological polar surface area (TPSA) is 24.9 Å². The first-order valence-corrected chi connectivity index (χ1v) is 6.63. The molecule has 0 aliphatic heterocycles. The molecule has 0 bridgehead atoms. The summed E-state index contributed by atoms with van der Waals surface area (Å²) >= 11 is 1.71. The van der Waals surface area contributed by atoms with Crippen molar-refractivity contribution in [1.29, 1.82) is 0 Å². The number of rotatable bonds is 2. The number of nitrogens with one attached hydrogen (secondary N) is 1. The van der Waals surface area contributed by atoms with Crippen molar-refractivity contribution in [2.45, 2.75) is 26.2 Å². The normalized spacial score (nSPS) is 11.5. The first-order chi connectivity index (χ1) is 8.00. The summed E-state index contributed by atoms with van der Waals surface area (Å²) in [5.74, 6) is 0. The number of hydrogen-bond donors (Lipinski definition) is 1. The number of hydrogen-bond acceptors (Lipinski definition) is 3. The van der Waals surface area contributed by atoms with E-state index in [0.717, 1.165) is 16.4 Å². The molecule has 17 heavy (non-hydrogen) atoms. The van der Waals surface area contributed by atoms with E-state index in [1.165, 1.54) is 5.56 Å². The van der Waals surface area contributed by atoms with Crippen LogP contribution in [0.25, 0.3) is 10.6 Å². The minimum atomic E-state index is 0.120. The van der Waals surface area contributed by atoms with Crippen LogP contribution in [-0.4, -0.2) is 12.0 Å². The Bertz CT molecular complexity index is 509. The molecule has 1 heterocycles. The lowest BCUT2D eigenvalue weighted by molar-refractivity contribution is 0.573. The van der Waals surface area contributed by atoms with Gasteiger partial charge in [0.15, 0.2) is 0 Å². The Morgan fingerprint density at radius 3 is 2.59 bits per heavy atom. The van der Waals surface area contributed by atoms with E-state index >= 15 is 0 Å². The maximum Gasteiger partial charge on any atom is 0.123 e. The fraction of sp³-hybridized carbons (Fsp3) is 0.357. The minimum Gasteiger partial charge on any atom is -0.388 e. The number of nitrogens with zero attached hydrogens (tertiary/aromatic N) is 1. The lowest BCUT2D eigenvalue weighted by Crippen LogP contribution is -2.11. The van der Waals surface area contributed by atoms with Gasteiger partial charge in [-0.15, -0.1) is 11.3 Å². The van der Waals surface area contributed by atoms with E-state index in [-0.39, 0.29) is 5.41 Å². The molecule has 2 aromatic rings. The molecule has 90 valence electrons. The molecule has 0 radical (unpaired) electrons. The molecule has 0 atom stereocenters. The van der Waals surface area contributed by atoms with Crippen molar-refractivity contribution >= 4 is 17.0 Å². The third-order valence-electron chi connectivity index (χ3n) is 2.67. The van der Waals surface area contributed by atoms with Crippen molar-refractivity contribution in [2.75, 3.05) is 12.4 Å². The molecule has 2 rings (SSSR count). The van der Waals surface area contributed by atoms with Crippen molar-refractivity contribution in [3.05, 3.63) is 35.3 Å². The van der Waals surface area contributed by atoms with E-state index in [0.29, 0.717) is 0 Å². The number of anilines is 1. The van der Waals surface area contributed by atoms with Crippen LogP contribution in [0.5, 0.6) is 0 Å². The first-order valence-electron chi connectivity index (χ1n) is 5.75. The van der Waals surface area contributed by atoms with Gasteiger partial charge in [0.1, 0.15) is 5.01 Å². The van der Waals surface area contributed by atoms with Crippen LogP contribution in [0.1, 0.15) is 26.5 Å². The average Bonchev–Trinajstić information content (AvgIpc) is 2.78. The quantitative estimate of drug-likeness (QED) is 0.861. The van der Waals surface area contributed by atoms with Gasteiger partial charge in [0.25, 0.3) is 0 Å². The lowest BCUT2D eigenvalue weighted by Gasteiger charge is -2.14. The molecular weight excluding hydrogens is 228 g/mol. The molecule has 0 aliphatic rings. The van der Waals surface area contributed by atoms with Crippen molar-refractivity contribution < 1.29 is 0 Å². The summed E-state index contributed by atoms with van der Waals surface area (Å²) < 4.78 is 0. The van der Waals surface area contributed by atoms with Gasteiger partial charge in [-0.25, -0.2) is 4.98 Å². The molecule has 1 N–H and O–H groups in total. The fourth-order valence-corrected chi connectivity index (χ4v) is 2.60. The highest BCUT2D eigenvalue weighted by molar-refractivity contribution is 7.13. The maximum absolute atomic E-state index is 4.72. The molecule has 0 amide bonds. The molecular formula is C14H18N2S. The van der Waals surface area contributed by atoms with Gasteiger partial charge < -0.3 is 5.32 Å². The van der Waals surface area contributed by atoms with Crippen molar-refractivity contribution in [3.8, 4) is 10.6 Å². The average molecular weight is 246 g/mol. The molecule has 0 aliphatic carbocycles. The van der Waals surface area contributed by atoms with Gasteiger partial charge in [0, 0.05) is 29.1 Å². The van der Waals surface area contributed by atoms with Gasteiger partial charge in [-0.2, -0.15) is 0 Å². The third-order valence-corrected chi connectivity index (χ3v) is 3.56. The van der Waals surface area contributed by atoms with Crippen molar-refractivity contribution in [2.24, 2.45) is 0 Å². The Kier molecular flexibility index (Phi) is 3.20. The van der Waals surface area contributed by atoms with Crippen LogP contribution >= 0.6 is 11.3 Å². The molecule has 1 aromatic heterocycles. The van der Waals surface area contributed by atoms with Crippen LogP contribution in [-0.2, 0) is 5.41 Å². The largest absolute Gasteiger partial charge is 0.388 e. The van der Waals surface area contributed by atoms with Crippen LogP contribution in [0.4, 0.5) is 5.69 Å². The van der Waals surface area contributed by atoms with E-state index in [2.05, 4.69) is 55.7 Å². The van der Waals surface area contributed by atoms with Gasteiger partial charge in [-0.05, 0) is 12.1 Å². The van der Waals surface area contributed by atoms with Crippen LogP contribution < -0.4 is 5.32 Å². The summed E-state index contributed by atoms with van der Waals surface area (Å²) in [4.78, 5) is 4.72. The van der Waals surface area contributed by atoms with Crippen LogP contribution in [0.3, 0.4) is 0 Å². The highest BCUT2D eigenvalue weighted by atomic mass is 32.1. The second kappa shape index (κ2) is 4.49. The summed E-state index contributed by atoms with van der Waals surface area (Å²) in [6.45, 7) is 6.57. The smallest absolute Gasteiger partial charge is 0.123 e. The first kappa shape index (κ1) is 12.1. The Hall–Kier alpha value is -1.35. The number of thiazole rings is 1. The van der Waals surface area contributed by atoms with Crippen molar-refractivity contribution in [3.63, 3.8) is 0 Å². The van der Waals surface area contributed by atoms with E-state index < -0.39 is 0 Å². The molecule has 1 aromatic carbocycles. The lowest BCUT2D eigenvalue weighted by atomic mass is 9.93. The third kappa shape index (κ3) is 2.67. The summed E-state index contributed by atoms with van der Waals surface area (Å²) in [7, 11) is 1.93. The molecule has 2 nitrogen and oxygen atoms in total. The summed E-state index contributed by atoms with van der Waals surface area (Å²) in [6, 6.07) is 8.35. The molecule has 0 spiro atoms. The molecule has 0 saturated carbocycles. The van der Waals surface area contributed by atoms with E-state index in [1.54, 1.807) is 11.3 Å². The Balaban J connectivity index is 2.37. The molecule has 0 fully saturated rings. The number of aromatic nitrogens is 1.